The summed E-state index contributed by atoms with van der Waals surface area (Å²) in [5.41, 5.74) is 1.08. The molecule has 0 radical (unpaired) electrons. The number of carbonyl (C=O) groups is 1. The number of urea groups is 1. The van der Waals surface area contributed by atoms with Crippen molar-refractivity contribution in [3.8, 4) is 12.3 Å². The predicted molar refractivity (Wildman–Crippen MR) is 69.3 cm³/mol. The first-order valence-electron chi connectivity index (χ1n) is 5.78. The molecule has 17 heavy (non-hydrogen) atoms. The molecule has 0 spiro atoms. The molecule has 3 heteroatoms. The van der Waals surface area contributed by atoms with E-state index < -0.39 is 0 Å². The fourth-order valence-corrected chi connectivity index (χ4v) is 1.45. The molecule has 0 saturated heterocycles. The Labute approximate surface area is 103 Å². The van der Waals surface area contributed by atoms with Crippen molar-refractivity contribution in [2.75, 3.05) is 0 Å². The number of carbonyl (C=O) groups excluding carboxylic acids is 1. The van der Waals surface area contributed by atoms with E-state index in [0.29, 0.717) is 13.0 Å². The molecule has 0 aliphatic carbocycles. The molecule has 0 aliphatic heterocycles. The van der Waals surface area contributed by atoms with E-state index in [1.54, 1.807) is 0 Å². The van der Waals surface area contributed by atoms with E-state index >= 15 is 0 Å². The molecule has 1 aromatic carbocycles. The van der Waals surface area contributed by atoms with Gasteiger partial charge >= 0.3 is 6.03 Å². The van der Waals surface area contributed by atoms with Crippen LogP contribution in [0, 0.1) is 12.3 Å². The molecule has 1 unspecified atom stereocenters. The smallest absolute Gasteiger partial charge is 0.315 e. The summed E-state index contributed by atoms with van der Waals surface area (Å²) in [4.78, 5) is 11.6. The minimum atomic E-state index is -0.170. The van der Waals surface area contributed by atoms with Crippen LogP contribution in [0.15, 0.2) is 30.3 Å². The zero-order chi connectivity index (χ0) is 12.5. The van der Waals surface area contributed by atoms with Crippen LogP contribution in [0.5, 0.6) is 0 Å². The Morgan fingerprint density at radius 2 is 2.12 bits per heavy atom. The highest BCUT2D eigenvalue weighted by molar-refractivity contribution is 5.74. The van der Waals surface area contributed by atoms with Crippen molar-refractivity contribution < 1.29 is 4.79 Å². The number of nitrogens with one attached hydrogen (secondary N) is 2. The summed E-state index contributed by atoms with van der Waals surface area (Å²) in [5.74, 6) is 2.56. The highest BCUT2D eigenvalue weighted by atomic mass is 16.2. The number of hydrogen-bond acceptors (Lipinski definition) is 1. The van der Waals surface area contributed by atoms with Crippen molar-refractivity contribution in [1.82, 2.24) is 10.6 Å². The third-order valence-electron chi connectivity index (χ3n) is 2.49. The molecule has 0 saturated carbocycles. The summed E-state index contributed by atoms with van der Waals surface area (Å²) in [6, 6.07) is 9.66. The van der Waals surface area contributed by atoms with Gasteiger partial charge in [0.1, 0.15) is 0 Å². The molecule has 0 bridgehead atoms. The summed E-state index contributed by atoms with van der Waals surface area (Å²) in [5, 5.41) is 5.65. The Hall–Kier alpha value is -1.95. The van der Waals surface area contributed by atoms with Crippen LogP contribution in [-0.2, 0) is 6.54 Å². The Morgan fingerprint density at radius 1 is 1.41 bits per heavy atom. The summed E-state index contributed by atoms with van der Waals surface area (Å²) < 4.78 is 0. The summed E-state index contributed by atoms with van der Waals surface area (Å²) in [6.07, 6.45) is 6.63. The van der Waals surface area contributed by atoms with E-state index in [2.05, 4.69) is 16.6 Å². The Morgan fingerprint density at radius 3 is 2.71 bits per heavy atom. The van der Waals surface area contributed by atoms with E-state index in [9.17, 15) is 4.79 Å². The number of hydrogen-bond donors (Lipinski definition) is 2. The van der Waals surface area contributed by atoms with Crippen molar-refractivity contribution in [3.63, 3.8) is 0 Å². The van der Waals surface area contributed by atoms with Crippen LogP contribution in [0.25, 0.3) is 0 Å². The van der Waals surface area contributed by atoms with Gasteiger partial charge in [0.05, 0.1) is 0 Å². The average molecular weight is 230 g/mol. The first-order valence-corrected chi connectivity index (χ1v) is 5.78. The summed E-state index contributed by atoms with van der Waals surface area (Å²) in [6.45, 7) is 2.53. The zero-order valence-corrected chi connectivity index (χ0v) is 10.1. The first-order chi connectivity index (χ1) is 8.26. The molecule has 0 aromatic heterocycles. The molecule has 90 valence electrons. The Balaban J connectivity index is 2.33. The van der Waals surface area contributed by atoms with E-state index in [4.69, 9.17) is 6.42 Å². The average Bonchev–Trinajstić information content (AvgIpc) is 2.37. The topological polar surface area (TPSA) is 41.1 Å². The fourth-order valence-electron chi connectivity index (χ4n) is 1.45. The lowest BCUT2D eigenvalue weighted by Crippen LogP contribution is -2.41. The molecular formula is C14H18N2O. The molecular weight excluding hydrogens is 212 g/mol. The highest BCUT2D eigenvalue weighted by Gasteiger charge is 2.08. The van der Waals surface area contributed by atoms with Crippen LogP contribution in [0.4, 0.5) is 4.79 Å². The van der Waals surface area contributed by atoms with Gasteiger partial charge in [-0.25, -0.2) is 4.79 Å². The molecule has 0 aliphatic rings. The maximum absolute atomic E-state index is 11.6. The van der Waals surface area contributed by atoms with Crippen LogP contribution in [-0.4, -0.2) is 12.1 Å². The summed E-state index contributed by atoms with van der Waals surface area (Å²) >= 11 is 0. The van der Waals surface area contributed by atoms with Crippen molar-refractivity contribution >= 4 is 6.03 Å². The van der Waals surface area contributed by atoms with Crippen LogP contribution in [0.3, 0.4) is 0 Å². The lowest BCUT2D eigenvalue weighted by molar-refractivity contribution is 0.236. The standard InChI is InChI=1S/C14H18N2O/c1-3-8-13(4-2)16-14(17)15-11-12-9-6-5-7-10-12/h1,5-7,9-10,13H,4,8,11H2,2H3,(H2,15,16,17). The largest absolute Gasteiger partial charge is 0.334 e. The number of rotatable bonds is 5. The monoisotopic (exact) mass is 230 g/mol. The Kier molecular flexibility index (Phi) is 5.67. The zero-order valence-electron chi connectivity index (χ0n) is 10.1. The van der Waals surface area contributed by atoms with Gasteiger partial charge in [0, 0.05) is 19.0 Å². The molecule has 0 heterocycles. The fraction of sp³-hybridized carbons (Fsp3) is 0.357. The minimum absolute atomic E-state index is 0.0516. The van der Waals surface area contributed by atoms with Crippen LogP contribution in [0.2, 0.25) is 0 Å². The Bertz CT molecular complexity index is 381. The van der Waals surface area contributed by atoms with E-state index in [1.165, 1.54) is 0 Å². The van der Waals surface area contributed by atoms with Gasteiger partial charge in [0.25, 0.3) is 0 Å². The first kappa shape index (κ1) is 13.1. The summed E-state index contributed by atoms with van der Waals surface area (Å²) in [7, 11) is 0. The maximum Gasteiger partial charge on any atom is 0.315 e. The van der Waals surface area contributed by atoms with Crippen molar-refractivity contribution in [1.29, 1.82) is 0 Å². The van der Waals surface area contributed by atoms with Gasteiger partial charge in [-0.3, -0.25) is 0 Å². The van der Waals surface area contributed by atoms with Crippen LogP contribution < -0.4 is 10.6 Å². The third-order valence-corrected chi connectivity index (χ3v) is 2.49. The second-order valence-electron chi connectivity index (χ2n) is 3.83. The second kappa shape index (κ2) is 7.34. The molecule has 2 amide bonds. The SMILES string of the molecule is C#CCC(CC)NC(=O)NCc1ccccc1. The molecule has 3 nitrogen and oxygen atoms in total. The van der Waals surface area contributed by atoms with Gasteiger partial charge < -0.3 is 10.6 Å². The van der Waals surface area contributed by atoms with Gasteiger partial charge in [0.2, 0.25) is 0 Å². The molecule has 0 fully saturated rings. The minimum Gasteiger partial charge on any atom is -0.334 e. The molecule has 1 atom stereocenters. The third kappa shape index (κ3) is 5.07. The lowest BCUT2D eigenvalue weighted by Gasteiger charge is -2.14. The molecule has 2 N–H and O–H groups in total. The van der Waals surface area contributed by atoms with Crippen molar-refractivity contribution in [2.45, 2.75) is 32.4 Å². The van der Waals surface area contributed by atoms with Crippen LogP contribution in [0.1, 0.15) is 25.3 Å². The van der Waals surface area contributed by atoms with Crippen LogP contribution >= 0.6 is 0 Å². The number of benzene rings is 1. The molecule has 1 aromatic rings. The quantitative estimate of drug-likeness (QED) is 0.749. The number of amides is 2. The van der Waals surface area contributed by atoms with Gasteiger partial charge in [-0.15, -0.1) is 12.3 Å². The predicted octanol–water partition coefficient (Wildman–Crippen LogP) is 2.29. The lowest BCUT2D eigenvalue weighted by atomic mass is 10.1. The van der Waals surface area contributed by atoms with E-state index in [1.807, 2.05) is 37.3 Å². The highest BCUT2D eigenvalue weighted by Crippen LogP contribution is 1.98. The van der Waals surface area contributed by atoms with Crippen molar-refractivity contribution in [3.05, 3.63) is 35.9 Å². The second-order valence-corrected chi connectivity index (χ2v) is 3.83. The van der Waals surface area contributed by atoms with Crippen molar-refractivity contribution in [2.24, 2.45) is 0 Å². The van der Waals surface area contributed by atoms with E-state index in [-0.39, 0.29) is 12.1 Å². The maximum atomic E-state index is 11.6. The van der Waals surface area contributed by atoms with Gasteiger partial charge in [-0.05, 0) is 12.0 Å². The van der Waals surface area contributed by atoms with Gasteiger partial charge in [0.15, 0.2) is 0 Å². The van der Waals surface area contributed by atoms with E-state index in [0.717, 1.165) is 12.0 Å². The van der Waals surface area contributed by atoms with Gasteiger partial charge in [-0.2, -0.15) is 0 Å². The number of terminal acetylenes is 1. The molecule has 1 rings (SSSR count). The normalized spacial score (nSPS) is 11.3. The van der Waals surface area contributed by atoms with Gasteiger partial charge in [-0.1, -0.05) is 37.3 Å².